The number of carbonyl (C=O) groups excluding carboxylic acids is 10. The van der Waals surface area contributed by atoms with Crippen molar-refractivity contribution in [2.75, 3.05) is 25.0 Å². The van der Waals surface area contributed by atoms with Crippen molar-refractivity contribution in [3.63, 3.8) is 0 Å². The van der Waals surface area contributed by atoms with Gasteiger partial charge in [0.15, 0.2) is 0 Å². The molecule has 3 saturated heterocycles. The molecule has 1 aromatic rings. The highest BCUT2D eigenvalue weighted by molar-refractivity contribution is 6.12. The van der Waals surface area contributed by atoms with Gasteiger partial charge in [-0.25, -0.2) is 4.79 Å². The van der Waals surface area contributed by atoms with Gasteiger partial charge in [0.2, 0.25) is 29.5 Å². The summed E-state index contributed by atoms with van der Waals surface area (Å²) in [6, 6.07) is 3.72. The van der Waals surface area contributed by atoms with Crippen LogP contribution in [0.4, 0.5) is 10.5 Å². The molecule has 0 radical (unpaired) electrons. The number of ether oxygens (including phenoxy) is 5. The molecule has 0 bridgehead atoms. The van der Waals surface area contributed by atoms with Gasteiger partial charge in [-0.15, -0.1) is 0 Å². The first kappa shape index (κ1) is 69.8. The maximum absolute atomic E-state index is 13.7. The summed E-state index contributed by atoms with van der Waals surface area (Å²) in [5.41, 5.74) is 6.51. The summed E-state index contributed by atoms with van der Waals surface area (Å²) in [6.45, 7) is 13.3. The Morgan fingerprint density at radius 3 is 2.22 bits per heavy atom. The molecule has 0 aromatic heterocycles. The molecule has 88 heavy (non-hydrogen) atoms. The molecule has 11 atom stereocenters. The Hall–Kier alpha value is -7.28. The van der Waals surface area contributed by atoms with Crippen molar-refractivity contribution in [3.8, 4) is 0 Å². The van der Waals surface area contributed by atoms with Crippen molar-refractivity contribution in [2.24, 2.45) is 23.5 Å². The Morgan fingerprint density at radius 2 is 1.56 bits per heavy atom. The highest BCUT2D eigenvalue weighted by Gasteiger charge is 2.58. The molecule has 1 aliphatic carbocycles. The minimum atomic E-state index is -1.05. The number of nitrogens with two attached hydrogens (primary N) is 1. The number of rotatable bonds is 31. The van der Waals surface area contributed by atoms with Gasteiger partial charge in [-0.05, 0) is 127 Å². The number of carbonyl (C=O) groups is 10. The van der Waals surface area contributed by atoms with E-state index < -0.39 is 65.9 Å². The number of epoxide rings is 1. The molecule has 1 saturated carbocycles. The maximum atomic E-state index is 13.7. The van der Waals surface area contributed by atoms with E-state index in [1.165, 1.54) is 31.2 Å². The number of nitrogens with zero attached hydrogens (tertiary/aromatic N) is 1. The highest BCUT2D eigenvalue weighted by atomic mass is 16.6. The van der Waals surface area contributed by atoms with Crippen LogP contribution in [0.3, 0.4) is 0 Å². The fourth-order valence-electron chi connectivity index (χ4n) is 11.5. The molecular formula is C64H92N8O16. The molecule has 0 unspecified atom stereocenters. The molecule has 24 heteroatoms. The summed E-state index contributed by atoms with van der Waals surface area (Å²) in [7, 11) is 0. The number of aliphatic hydroxyl groups is 1. The van der Waals surface area contributed by atoms with Crippen LogP contribution in [-0.2, 0) is 73.4 Å². The summed E-state index contributed by atoms with van der Waals surface area (Å²) in [6.07, 6.45) is 15.4. The number of benzene rings is 1. The fraction of sp³-hybridized carbons (Fsp3) is 0.625. The zero-order valence-electron chi connectivity index (χ0n) is 51.9. The Kier molecular flexibility index (Phi) is 26.9. The maximum Gasteiger partial charge on any atom is 0.312 e. The summed E-state index contributed by atoms with van der Waals surface area (Å²) in [4.78, 5) is 126. The lowest BCUT2D eigenvalue weighted by molar-refractivity contribution is -0.147. The number of anilines is 1. The van der Waals surface area contributed by atoms with Gasteiger partial charge in [0.1, 0.15) is 42.6 Å². The second-order valence-corrected chi connectivity index (χ2v) is 24.4. The number of urea groups is 1. The molecule has 4 fully saturated rings. The molecular weight excluding hydrogens is 1140 g/mol. The van der Waals surface area contributed by atoms with E-state index in [1.807, 2.05) is 26.0 Å². The first-order valence-electron chi connectivity index (χ1n) is 31.0. The predicted molar refractivity (Wildman–Crippen MR) is 324 cm³/mol. The molecule has 9 N–H and O–H groups in total. The lowest BCUT2D eigenvalue weighted by Crippen LogP contribution is -2.54. The fourth-order valence-corrected chi connectivity index (χ4v) is 11.5. The summed E-state index contributed by atoms with van der Waals surface area (Å²) in [5, 5.41) is 28.3. The monoisotopic (exact) mass is 1230 g/mol. The molecule has 484 valence electrons. The minimum absolute atomic E-state index is 0.00613. The van der Waals surface area contributed by atoms with Gasteiger partial charge >= 0.3 is 18.0 Å². The van der Waals surface area contributed by atoms with Crippen LogP contribution in [0.2, 0.25) is 0 Å². The number of primary amides is 1. The van der Waals surface area contributed by atoms with E-state index in [0.29, 0.717) is 69.2 Å². The topological polar surface area (TPSA) is 342 Å². The van der Waals surface area contributed by atoms with Gasteiger partial charge in [0, 0.05) is 69.2 Å². The standard InChI is InChI=1S/C64H92N8O16/c1-38(2)59(71-53(74)13-9-8-10-31-72-56(77)28-29-57(72)78)62(82)70-49(12-11-30-66-63(65)83)61(81)68-47-23-19-45(20-24-47)36-84-58(79)33-44-17-21-46(22-18-44)67-55(76)34-48-35-64(37-85-64)60(80)52(88-48)26-15-39(3)14-25-51-40(4)32-50(42(6)87-51)69-54(75)27-16-41(5)86-43(7)73/h14-16,19-20,23-24,26-29,38,40-42,44,46,48-52,59-60,80H,8-13,17-18,21-22,25,30-37H2,1-7H3,(H,67,76)(H,68,81)(H,69,75)(H,70,82)(H,71,74)(H3,65,66,83)/b26-15+,27-16-,39-14+/t40-,41-,42+,44?,46?,48+,49-,50+,51-,52+,59-,60+,64+/m0/s1. The number of hydrogen-bond donors (Lipinski definition) is 8. The van der Waals surface area contributed by atoms with E-state index in [4.69, 9.17) is 29.4 Å². The third-order valence-corrected chi connectivity index (χ3v) is 16.7. The Bertz CT molecular complexity index is 2720. The number of hydrogen-bond acceptors (Lipinski definition) is 16. The van der Waals surface area contributed by atoms with Gasteiger partial charge in [-0.3, -0.25) is 48.1 Å². The van der Waals surface area contributed by atoms with E-state index in [-0.39, 0.29) is 123 Å². The van der Waals surface area contributed by atoms with Crippen molar-refractivity contribution in [2.45, 2.75) is 218 Å². The van der Waals surface area contributed by atoms with Crippen LogP contribution in [0.1, 0.15) is 150 Å². The Balaban J connectivity index is 0.881. The van der Waals surface area contributed by atoms with E-state index >= 15 is 0 Å². The van der Waals surface area contributed by atoms with Gasteiger partial charge in [0.25, 0.3) is 11.8 Å². The zero-order valence-corrected chi connectivity index (χ0v) is 51.9. The van der Waals surface area contributed by atoms with Gasteiger partial charge in [-0.1, -0.05) is 63.1 Å². The molecule has 1 spiro atoms. The smallest absolute Gasteiger partial charge is 0.312 e. The average Bonchev–Trinajstić information content (AvgIpc) is 1.69. The number of aliphatic hydroxyl groups excluding tert-OH is 1. The Morgan fingerprint density at radius 1 is 0.852 bits per heavy atom. The lowest BCUT2D eigenvalue weighted by atomic mass is 9.84. The molecule has 24 nitrogen and oxygen atoms in total. The van der Waals surface area contributed by atoms with Crippen molar-refractivity contribution >= 4 is 65.0 Å². The SMILES string of the molecule is CC(=O)O[C@@H](C)/C=C\C(=O)N[C@@H]1C[C@H](C)[C@H](C/C=C(C)/C=C/[C@H]2O[C@H](CC(=O)NC3CCC(CC(=O)OCc4ccc(NC(=O)[C@H](CCCNC(N)=O)NC(=O)[C@@H](NC(=O)CCCCCN5C(=O)C=CC5=O)C(C)C)cc4)CC3)C[C@@]3(CO3)[C@@H]2O)O[C@@H]1C. The van der Waals surface area contributed by atoms with E-state index in [0.717, 1.165) is 29.7 Å². The summed E-state index contributed by atoms with van der Waals surface area (Å²) < 4.78 is 29.1. The molecule has 4 heterocycles. The molecule has 5 aliphatic rings. The summed E-state index contributed by atoms with van der Waals surface area (Å²) in [5.74, 6) is -3.49. The normalized spacial score (nSPS) is 26.3. The zero-order chi connectivity index (χ0) is 64.1. The minimum Gasteiger partial charge on any atom is -0.461 e. The van der Waals surface area contributed by atoms with Crippen molar-refractivity contribution in [1.29, 1.82) is 0 Å². The van der Waals surface area contributed by atoms with Crippen LogP contribution in [0.5, 0.6) is 0 Å². The number of imide groups is 1. The predicted octanol–water partition coefficient (Wildman–Crippen LogP) is 4.67. The number of esters is 2. The van der Waals surface area contributed by atoms with Crippen molar-refractivity contribution in [3.05, 3.63) is 77.9 Å². The van der Waals surface area contributed by atoms with Crippen LogP contribution < -0.4 is 37.6 Å². The third kappa shape index (κ3) is 22.7. The number of amides is 9. The van der Waals surface area contributed by atoms with E-state index in [1.54, 1.807) is 45.0 Å². The molecule has 6 rings (SSSR count). The van der Waals surface area contributed by atoms with E-state index in [9.17, 15) is 53.1 Å². The average molecular weight is 1230 g/mol. The van der Waals surface area contributed by atoms with Crippen LogP contribution in [0.15, 0.2) is 72.4 Å². The third-order valence-electron chi connectivity index (χ3n) is 16.7. The second kappa shape index (κ2) is 33.9. The van der Waals surface area contributed by atoms with Crippen LogP contribution in [0, 0.1) is 17.8 Å². The summed E-state index contributed by atoms with van der Waals surface area (Å²) >= 11 is 0. The van der Waals surface area contributed by atoms with E-state index in [2.05, 4.69) is 44.9 Å². The molecule has 9 amide bonds. The van der Waals surface area contributed by atoms with Crippen LogP contribution in [-0.4, -0.2) is 155 Å². The Labute approximate surface area is 515 Å². The number of nitrogens with one attached hydrogen (secondary N) is 6. The first-order chi connectivity index (χ1) is 41.9. The number of unbranched alkanes of at least 4 members (excludes halogenated alkanes) is 2. The van der Waals surface area contributed by atoms with Crippen molar-refractivity contribution in [1.82, 2.24) is 31.5 Å². The molecule has 4 aliphatic heterocycles. The lowest BCUT2D eigenvalue weighted by Gasteiger charge is -2.39. The van der Waals surface area contributed by atoms with Crippen LogP contribution >= 0.6 is 0 Å². The van der Waals surface area contributed by atoms with Crippen LogP contribution in [0.25, 0.3) is 0 Å². The van der Waals surface area contributed by atoms with Gasteiger partial charge in [-0.2, -0.15) is 0 Å². The van der Waals surface area contributed by atoms with Crippen molar-refractivity contribution < 1.29 is 76.7 Å². The quantitative estimate of drug-likeness (QED) is 0.0125. The van der Waals surface area contributed by atoms with Gasteiger partial charge < -0.3 is 66.4 Å². The largest absolute Gasteiger partial charge is 0.461 e. The first-order valence-corrected chi connectivity index (χ1v) is 31.0. The second-order valence-electron chi connectivity index (χ2n) is 24.4. The van der Waals surface area contributed by atoms with Gasteiger partial charge in [0.05, 0.1) is 37.4 Å². The highest BCUT2D eigenvalue weighted by Crippen LogP contribution is 2.43. The molecule has 1 aromatic carbocycles. The number of allylic oxidation sites excluding steroid dienone is 2.